The highest BCUT2D eigenvalue weighted by molar-refractivity contribution is 8.00. The van der Waals surface area contributed by atoms with Crippen molar-refractivity contribution in [1.82, 2.24) is 15.5 Å². The van der Waals surface area contributed by atoms with E-state index in [9.17, 15) is 9.18 Å². The quantitative estimate of drug-likeness (QED) is 0.574. The first kappa shape index (κ1) is 19.9. The number of hydrogen-bond donors (Lipinski definition) is 1. The molecule has 1 heterocycles. The standard InChI is InChI=1S/C20H20FN3O3S/c1-3-26-17-10-6-15(7-11-17)19-23-24-20(27-19)28-13(2)18(25)22-12-14-4-8-16(21)9-5-14/h4-11,13H,3,12H2,1-2H3,(H,22,25)/t13-/m0/s1. The Morgan fingerprint density at radius 2 is 1.89 bits per heavy atom. The molecule has 0 fully saturated rings. The van der Waals surface area contributed by atoms with Gasteiger partial charge in [-0.05, 0) is 55.8 Å². The maximum absolute atomic E-state index is 12.9. The van der Waals surface area contributed by atoms with E-state index in [-0.39, 0.29) is 11.7 Å². The Morgan fingerprint density at radius 1 is 1.18 bits per heavy atom. The lowest BCUT2D eigenvalue weighted by Crippen LogP contribution is -2.30. The molecule has 3 aromatic rings. The van der Waals surface area contributed by atoms with E-state index in [0.717, 1.165) is 16.9 Å². The van der Waals surface area contributed by atoms with Gasteiger partial charge in [0.25, 0.3) is 5.22 Å². The summed E-state index contributed by atoms with van der Waals surface area (Å²) in [5, 5.41) is 10.7. The fraction of sp³-hybridized carbons (Fsp3) is 0.250. The third-order valence-corrected chi connectivity index (χ3v) is 4.78. The van der Waals surface area contributed by atoms with E-state index in [1.165, 1.54) is 23.9 Å². The Balaban J connectivity index is 1.54. The van der Waals surface area contributed by atoms with Gasteiger partial charge in [0.05, 0.1) is 11.9 Å². The summed E-state index contributed by atoms with van der Waals surface area (Å²) in [7, 11) is 0. The Labute approximate surface area is 166 Å². The van der Waals surface area contributed by atoms with E-state index in [1.54, 1.807) is 19.1 Å². The van der Waals surface area contributed by atoms with Crippen LogP contribution in [0, 0.1) is 5.82 Å². The minimum Gasteiger partial charge on any atom is -0.494 e. The zero-order valence-electron chi connectivity index (χ0n) is 15.5. The summed E-state index contributed by atoms with van der Waals surface area (Å²) in [6, 6.07) is 13.3. The maximum atomic E-state index is 12.9. The second kappa shape index (κ2) is 9.36. The van der Waals surface area contributed by atoms with Crippen LogP contribution in [0.5, 0.6) is 5.75 Å². The monoisotopic (exact) mass is 401 g/mol. The average Bonchev–Trinajstić information content (AvgIpc) is 3.16. The zero-order chi connectivity index (χ0) is 19.9. The Hall–Kier alpha value is -2.87. The lowest BCUT2D eigenvalue weighted by molar-refractivity contribution is -0.120. The van der Waals surface area contributed by atoms with Crippen LogP contribution >= 0.6 is 11.8 Å². The first-order valence-electron chi connectivity index (χ1n) is 8.80. The summed E-state index contributed by atoms with van der Waals surface area (Å²) >= 11 is 1.18. The number of carbonyl (C=O) groups is 1. The highest BCUT2D eigenvalue weighted by atomic mass is 32.2. The molecule has 146 valence electrons. The van der Waals surface area contributed by atoms with Crippen LogP contribution in [0.2, 0.25) is 0 Å². The average molecular weight is 401 g/mol. The number of carbonyl (C=O) groups excluding carboxylic acids is 1. The Kier molecular flexibility index (Phi) is 6.65. The number of thioether (sulfide) groups is 1. The van der Waals surface area contributed by atoms with E-state index in [0.29, 0.717) is 24.3 Å². The van der Waals surface area contributed by atoms with Crippen LogP contribution in [0.3, 0.4) is 0 Å². The van der Waals surface area contributed by atoms with Crippen molar-refractivity contribution >= 4 is 17.7 Å². The van der Waals surface area contributed by atoms with E-state index >= 15 is 0 Å². The molecule has 0 radical (unpaired) electrons. The number of rotatable bonds is 8. The van der Waals surface area contributed by atoms with Gasteiger partial charge >= 0.3 is 0 Å². The molecule has 0 bridgehead atoms. The van der Waals surface area contributed by atoms with Crippen molar-refractivity contribution in [2.75, 3.05) is 6.61 Å². The molecule has 0 saturated heterocycles. The van der Waals surface area contributed by atoms with Gasteiger partial charge in [-0.25, -0.2) is 4.39 Å². The Morgan fingerprint density at radius 3 is 2.57 bits per heavy atom. The number of nitrogens with zero attached hydrogens (tertiary/aromatic N) is 2. The van der Waals surface area contributed by atoms with Crippen LogP contribution in [0.1, 0.15) is 19.4 Å². The van der Waals surface area contributed by atoms with Crippen molar-refractivity contribution < 1.29 is 18.3 Å². The van der Waals surface area contributed by atoms with Crippen molar-refractivity contribution in [2.24, 2.45) is 0 Å². The highest BCUT2D eigenvalue weighted by Crippen LogP contribution is 2.27. The van der Waals surface area contributed by atoms with Gasteiger partial charge in [-0.3, -0.25) is 4.79 Å². The number of nitrogens with one attached hydrogen (secondary N) is 1. The molecule has 8 heteroatoms. The molecule has 0 aliphatic rings. The molecule has 1 aromatic heterocycles. The van der Waals surface area contributed by atoms with Crippen LogP contribution in [-0.4, -0.2) is 28.0 Å². The van der Waals surface area contributed by atoms with E-state index in [4.69, 9.17) is 9.15 Å². The molecule has 0 saturated carbocycles. The summed E-state index contributed by atoms with van der Waals surface area (Å²) in [4.78, 5) is 12.3. The third kappa shape index (κ3) is 5.32. The molecule has 2 aromatic carbocycles. The molecule has 28 heavy (non-hydrogen) atoms. The molecular weight excluding hydrogens is 381 g/mol. The van der Waals surface area contributed by atoms with Gasteiger partial charge in [0, 0.05) is 12.1 Å². The lowest BCUT2D eigenvalue weighted by Gasteiger charge is -2.09. The maximum Gasteiger partial charge on any atom is 0.277 e. The number of ether oxygens (including phenoxy) is 1. The van der Waals surface area contributed by atoms with Gasteiger partial charge in [-0.2, -0.15) is 0 Å². The molecule has 0 aliphatic carbocycles. The van der Waals surface area contributed by atoms with Gasteiger partial charge in [0.2, 0.25) is 11.8 Å². The third-order valence-electron chi connectivity index (χ3n) is 3.85. The van der Waals surface area contributed by atoms with Gasteiger partial charge in [-0.1, -0.05) is 23.9 Å². The first-order valence-corrected chi connectivity index (χ1v) is 9.68. The van der Waals surface area contributed by atoms with E-state index < -0.39 is 5.25 Å². The van der Waals surface area contributed by atoms with Crippen molar-refractivity contribution in [3.05, 3.63) is 59.9 Å². The van der Waals surface area contributed by atoms with Crippen LogP contribution in [0.25, 0.3) is 11.5 Å². The molecule has 0 spiro atoms. The molecule has 6 nitrogen and oxygen atoms in total. The molecular formula is C20H20FN3O3S. The number of aromatic nitrogens is 2. The van der Waals surface area contributed by atoms with Crippen LogP contribution in [-0.2, 0) is 11.3 Å². The van der Waals surface area contributed by atoms with Crippen molar-refractivity contribution in [3.8, 4) is 17.2 Å². The molecule has 0 unspecified atom stereocenters. The molecule has 1 amide bonds. The number of hydrogen-bond acceptors (Lipinski definition) is 6. The number of amides is 1. The SMILES string of the molecule is CCOc1ccc(-c2nnc(S[C@@H](C)C(=O)NCc3ccc(F)cc3)o2)cc1. The van der Waals surface area contributed by atoms with Crippen molar-refractivity contribution in [1.29, 1.82) is 0 Å². The molecule has 0 aliphatic heterocycles. The molecule has 1 N–H and O–H groups in total. The summed E-state index contributed by atoms with van der Waals surface area (Å²) in [5.74, 6) is 0.671. The van der Waals surface area contributed by atoms with Crippen LogP contribution in [0.15, 0.2) is 58.2 Å². The van der Waals surface area contributed by atoms with Crippen LogP contribution in [0.4, 0.5) is 4.39 Å². The fourth-order valence-corrected chi connectivity index (χ4v) is 3.08. The minimum atomic E-state index is -0.422. The second-order valence-electron chi connectivity index (χ2n) is 5.93. The zero-order valence-corrected chi connectivity index (χ0v) is 16.3. The smallest absolute Gasteiger partial charge is 0.277 e. The van der Waals surface area contributed by atoms with Gasteiger partial charge in [0.15, 0.2) is 0 Å². The van der Waals surface area contributed by atoms with Gasteiger partial charge in [0.1, 0.15) is 11.6 Å². The summed E-state index contributed by atoms with van der Waals surface area (Å²) in [6.45, 7) is 4.60. The van der Waals surface area contributed by atoms with Crippen molar-refractivity contribution in [2.45, 2.75) is 30.9 Å². The number of benzene rings is 2. The summed E-state index contributed by atoms with van der Waals surface area (Å²) < 4.78 is 24.0. The topological polar surface area (TPSA) is 77.2 Å². The van der Waals surface area contributed by atoms with Gasteiger partial charge in [-0.15, -0.1) is 10.2 Å². The largest absolute Gasteiger partial charge is 0.494 e. The lowest BCUT2D eigenvalue weighted by atomic mass is 10.2. The fourth-order valence-electron chi connectivity index (χ4n) is 2.37. The van der Waals surface area contributed by atoms with Gasteiger partial charge < -0.3 is 14.5 Å². The second-order valence-corrected chi connectivity index (χ2v) is 7.23. The van der Waals surface area contributed by atoms with E-state index in [2.05, 4.69) is 15.5 Å². The first-order chi connectivity index (χ1) is 13.5. The number of halogens is 1. The predicted octanol–water partition coefficient (Wildman–Crippen LogP) is 4.07. The predicted molar refractivity (Wildman–Crippen MR) is 104 cm³/mol. The molecule has 1 atom stereocenters. The summed E-state index contributed by atoms with van der Waals surface area (Å²) in [5.41, 5.74) is 1.60. The summed E-state index contributed by atoms with van der Waals surface area (Å²) in [6.07, 6.45) is 0. The van der Waals surface area contributed by atoms with Crippen molar-refractivity contribution in [3.63, 3.8) is 0 Å². The highest BCUT2D eigenvalue weighted by Gasteiger charge is 2.18. The minimum absolute atomic E-state index is 0.171. The van der Waals surface area contributed by atoms with Crippen LogP contribution < -0.4 is 10.1 Å². The normalized spacial score (nSPS) is 11.8. The molecule has 3 rings (SSSR count). The van der Waals surface area contributed by atoms with E-state index in [1.807, 2.05) is 31.2 Å². The Bertz CT molecular complexity index is 913.